The number of aromatic nitrogens is 3. The third kappa shape index (κ3) is 2.12. The maximum Gasteiger partial charge on any atom is 0.0706 e. The third-order valence-corrected chi connectivity index (χ3v) is 3.73. The number of hydrogen-bond donors (Lipinski definition) is 0. The summed E-state index contributed by atoms with van der Waals surface area (Å²) in [4.78, 5) is 2.54. The summed E-state index contributed by atoms with van der Waals surface area (Å²) in [6, 6.07) is 1.11. The molecule has 16 heavy (non-hydrogen) atoms. The van der Waals surface area contributed by atoms with Crippen molar-refractivity contribution >= 4 is 0 Å². The lowest BCUT2D eigenvalue weighted by Gasteiger charge is -2.21. The van der Waals surface area contributed by atoms with Gasteiger partial charge in [0.15, 0.2) is 0 Å². The van der Waals surface area contributed by atoms with E-state index in [-0.39, 0.29) is 0 Å². The van der Waals surface area contributed by atoms with E-state index in [2.05, 4.69) is 42.9 Å². The lowest BCUT2D eigenvalue weighted by molar-refractivity contribution is 0.253. The molecule has 2 atom stereocenters. The molecule has 4 nitrogen and oxygen atoms in total. The molecule has 0 radical (unpaired) electrons. The summed E-state index contributed by atoms with van der Waals surface area (Å²) in [5.41, 5.74) is 0. The first kappa shape index (κ1) is 11.6. The number of nitrogens with zero attached hydrogens (tertiary/aromatic N) is 4. The minimum absolute atomic E-state index is 0.491. The summed E-state index contributed by atoms with van der Waals surface area (Å²) in [5.74, 6) is 1.38. The molecule has 2 rings (SSSR count). The fourth-order valence-corrected chi connectivity index (χ4v) is 2.59. The summed E-state index contributed by atoms with van der Waals surface area (Å²) in [5, 5.41) is 8.09. The van der Waals surface area contributed by atoms with Crippen molar-refractivity contribution < 1.29 is 0 Å². The molecule has 0 spiro atoms. The van der Waals surface area contributed by atoms with Gasteiger partial charge in [0.2, 0.25) is 0 Å². The second kappa shape index (κ2) is 4.53. The van der Waals surface area contributed by atoms with E-state index in [9.17, 15) is 0 Å². The van der Waals surface area contributed by atoms with Crippen molar-refractivity contribution in [1.82, 2.24) is 19.9 Å². The Labute approximate surface area is 97.6 Å². The molecule has 4 heteroatoms. The van der Waals surface area contributed by atoms with Gasteiger partial charge in [0, 0.05) is 25.3 Å². The molecule has 90 valence electrons. The van der Waals surface area contributed by atoms with Gasteiger partial charge >= 0.3 is 0 Å². The van der Waals surface area contributed by atoms with Gasteiger partial charge in [0.05, 0.1) is 12.2 Å². The fourth-order valence-electron chi connectivity index (χ4n) is 2.59. The first-order valence-corrected chi connectivity index (χ1v) is 6.19. The van der Waals surface area contributed by atoms with Crippen LogP contribution in [0.15, 0.2) is 12.4 Å². The lowest BCUT2D eigenvalue weighted by Crippen LogP contribution is -2.29. The molecule has 1 fully saturated rings. The first-order chi connectivity index (χ1) is 7.59. The van der Waals surface area contributed by atoms with Gasteiger partial charge in [0.25, 0.3) is 0 Å². The van der Waals surface area contributed by atoms with E-state index in [0.717, 1.165) is 6.54 Å². The van der Waals surface area contributed by atoms with Crippen molar-refractivity contribution in [2.75, 3.05) is 13.1 Å². The van der Waals surface area contributed by atoms with Gasteiger partial charge < -0.3 is 0 Å². The van der Waals surface area contributed by atoms with E-state index in [1.807, 2.05) is 10.9 Å². The Hall–Kier alpha value is -0.900. The highest BCUT2D eigenvalue weighted by Crippen LogP contribution is 2.33. The third-order valence-electron chi connectivity index (χ3n) is 3.73. The van der Waals surface area contributed by atoms with Gasteiger partial charge in [-0.3, -0.25) is 4.90 Å². The second-order valence-electron chi connectivity index (χ2n) is 5.41. The summed E-state index contributed by atoms with van der Waals surface area (Å²) >= 11 is 0. The van der Waals surface area contributed by atoms with Crippen molar-refractivity contribution in [1.29, 1.82) is 0 Å². The Bertz CT molecular complexity index is 318. The normalized spacial score (nSPS) is 27.1. The number of hydrogen-bond acceptors (Lipinski definition) is 3. The van der Waals surface area contributed by atoms with Crippen LogP contribution in [0, 0.1) is 11.8 Å². The van der Waals surface area contributed by atoms with Crippen LogP contribution in [-0.4, -0.2) is 39.0 Å². The highest BCUT2D eigenvalue weighted by atomic mass is 15.4. The molecule has 0 saturated carbocycles. The van der Waals surface area contributed by atoms with Gasteiger partial charge in [-0.1, -0.05) is 19.1 Å². The largest absolute Gasteiger partial charge is 0.298 e. The van der Waals surface area contributed by atoms with Crippen molar-refractivity contribution in [3.8, 4) is 0 Å². The van der Waals surface area contributed by atoms with E-state index >= 15 is 0 Å². The standard InChI is InChI=1S/C12H22N4/c1-9(2)11-7-15(10(3)4)8-12(11)16-6-5-13-14-16/h5-6,9-12H,7-8H2,1-4H3. The molecular weight excluding hydrogens is 200 g/mol. The van der Waals surface area contributed by atoms with Crippen molar-refractivity contribution in [3.63, 3.8) is 0 Å². The van der Waals surface area contributed by atoms with Crippen LogP contribution in [0.25, 0.3) is 0 Å². The van der Waals surface area contributed by atoms with Gasteiger partial charge in [0.1, 0.15) is 0 Å². The number of likely N-dealkylation sites (tertiary alicyclic amines) is 1. The van der Waals surface area contributed by atoms with Crippen molar-refractivity contribution in [2.24, 2.45) is 11.8 Å². The Kier molecular flexibility index (Phi) is 3.28. The molecule has 0 aliphatic carbocycles. The topological polar surface area (TPSA) is 34.0 Å². The molecule has 1 saturated heterocycles. The predicted molar refractivity (Wildman–Crippen MR) is 64.1 cm³/mol. The maximum atomic E-state index is 4.16. The molecule has 0 aromatic carbocycles. The molecule has 2 heterocycles. The van der Waals surface area contributed by atoms with E-state index in [1.165, 1.54) is 6.54 Å². The molecule has 2 unspecified atom stereocenters. The summed E-state index contributed by atoms with van der Waals surface area (Å²) in [6.07, 6.45) is 3.76. The summed E-state index contributed by atoms with van der Waals surface area (Å²) in [7, 11) is 0. The van der Waals surface area contributed by atoms with Gasteiger partial charge in [-0.25, -0.2) is 4.68 Å². The zero-order valence-electron chi connectivity index (χ0n) is 10.7. The minimum Gasteiger partial charge on any atom is -0.298 e. The predicted octanol–water partition coefficient (Wildman–Crippen LogP) is 1.82. The van der Waals surface area contributed by atoms with Crippen LogP contribution in [0.5, 0.6) is 0 Å². The smallest absolute Gasteiger partial charge is 0.0706 e. The highest BCUT2D eigenvalue weighted by Gasteiger charge is 2.37. The van der Waals surface area contributed by atoms with Gasteiger partial charge in [-0.05, 0) is 25.7 Å². The van der Waals surface area contributed by atoms with Crippen LogP contribution in [-0.2, 0) is 0 Å². The Morgan fingerprint density at radius 3 is 2.44 bits per heavy atom. The van der Waals surface area contributed by atoms with E-state index in [0.29, 0.717) is 23.9 Å². The Morgan fingerprint density at radius 2 is 1.94 bits per heavy atom. The molecular formula is C12H22N4. The fraction of sp³-hybridized carbons (Fsp3) is 0.833. The summed E-state index contributed by atoms with van der Waals surface area (Å²) < 4.78 is 2.03. The SMILES string of the molecule is CC(C)C1CN(C(C)C)CC1n1ccnn1. The van der Waals surface area contributed by atoms with Crippen LogP contribution >= 0.6 is 0 Å². The molecule has 1 aliphatic rings. The van der Waals surface area contributed by atoms with Gasteiger partial charge in [-0.15, -0.1) is 5.10 Å². The van der Waals surface area contributed by atoms with Crippen LogP contribution < -0.4 is 0 Å². The van der Waals surface area contributed by atoms with Crippen LogP contribution in [0.1, 0.15) is 33.7 Å². The minimum atomic E-state index is 0.491. The molecule has 0 N–H and O–H groups in total. The van der Waals surface area contributed by atoms with Crippen LogP contribution in [0.3, 0.4) is 0 Å². The average molecular weight is 222 g/mol. The second-order valence-corrected chi connectivity index (χ2v) is 5.41. The Balaban J connectivity index is 2.16. The van der Waals surface area contributed by atoms with Crippen molar-refractivity contribution in [2.45, 2.75) is 39.8 Å². The Morgan fingerprint density at radius 1 is 1.19 bits per heavy atom. The molecule has 1 aromatic rings. The zero-order valence-corrected chi connectivity index (χ0v) is 10.7. The molecule has 0 amide bonds. The average Bonchev–Trinajstić information content (AvgIpc) is 2.86. The van der Waals surface area contributed by atoms with Crippen LogP contribution in [0.4, 0.5) is 0 Å². The quantitative estimate of drug-likeness (QED) is 0.782. The van der Waals surface area contributed by atoms with Crippen molar-refractivity contribution in [3.05, 3.63) is 12.4 Å². The van der Waals surface area contributed by atoms with Crippen LogP contribution in [0.2, 0.25) is 0 Å². The van der Waals surface area contributed by atoms with E-state index < -0.39 is 0 Å². The van der Waals surface area contributed by atoms with E-state index in [1.54, 1.807) is 6.20 Å². The zero-order chi connectivity index (χ0) is 11.7. The molecule has 1 aliphatic heterocycles. The summed E-state index contributed by atoms with van der Waals surface area (Å²) in [6.45, 7) is 11.4. The van der Waals surface area contributed by atoms with E-state index in [4.69, 9.17) is 0 Å². The maximum absolute atomic E-state index is 4.16. The lowest BCUT2D eigenvalue weighted by atomic mass is 9.91. The molecule has 0 bridgehead atoms. The number of rotatable bonds is 3. The molecule has 1 aromatic heterocycles. The van der Waals surface area contributed by atoms with Gasteiger partial charge in [-0.2, -0.15) is 0 Å². The highest BCUT2D eigenvalue weighted by molar-refractivity contribution is 4.91. The first-order valence-electron chi connectivity index (χ1n) is 6.19. The monoisotopic (exact) mass is 222 g/mol.